The molecule has 0 spiro atoms. The van der Waals surface area contributed by atoms with Gasteiger partial charge in [0.1, 0.15) is 11.6 Å². The summed E-state index contributed by atoms with van der Waals surface area (Å²) in [5.41, 5.74) is 2.37. The Hall–Kier alpha value is -1.74. The molecule has 2 aromatic carbocycles. The van der Waals surface area contributed by atoms with Crippen molar-refractivity contribution in [1.82, 2.24) is 0 Å². The molecule has 0 atom stereocenters. The van der Waals surface area contributed by atoms with Crippen LogP contribution >= 0.6 is 11.6 Å². The van der Waals surface area contributed by atoms with E-state index in [0.717, 1.165) is 17.0 Å². The largest absolute Gasteiger partial charge is 0.495 e. The number of methoxy groups -OCH3 is 1. The molecule has 1 N–H and O–H groups in total. The van der Waals surface area contributed by atoms with Gasteiger partial charge in [-0.25, -0.2) is 4.39 Å². The number of hydrogen-bond acceptors (Lipinski definition) is 2. The molecule has 0 amide bonds. The Labute approximate surface area is 117 Å². The van der Waals surface area contributed by atoms with Gasteiger partial charge in [-0.05, 0) is 36.8 Å². The second-order valence-electron chi connectivity index (χ2n) is 4.26. The van der Waals surface area contributed by atoms with Crippen LogP contribution in [0.3, 0.4) is 0 Å². The standard InChI is InChI=1S/C15H15ClFNO/c1-10-6-7-15(19-2)14(8-10)18-9-11-12(16)4-3-5-13(11)17/h3-8,18H,9H2,1-2H3. The van der Waals surface area contributed by atoms with E-state index in [1.165, 1.54) is 6.07 Å². The van der Waals surface area contributed by atoms with E-state index in [0.29, 0.717) is 17.1 Å². The van der Waals surface area contributed by atoms with Crippen molar-refractivity contribution in [3.05, 3.63) is 58.4 Å². The van der Waals surface area contributed by atoms with Gasteiger partial charge in [-0.2, -0.15) is 0 Å². The van der Waals surface area contributed by atoms with Crippen LogP contribution < -0.4 is 10.1 Å². The zero-order valence-corrected chi connectivity index (χ0v) is 11.6. The zero-order chi connectivity index (χ0) is 13.8. The van der Waals surface area contributed by atoms with Crippen LogP contribution in [-0.4, -0.2) is 7.11 Å². The summed E-state index contributed by atoms with van der Waals surface area (Å²) in [7, 11) is 1.60. The molecule has 0 aliphatic carbocycles. The van der Waals surface area contributed by atoms with Gasteiger partial charge in [0.2, 0.25) is 0 Å². The summed E-state index contributed by atoms with van der Waals surface area (Å²) in [4.78, 5) is 0. The molecule has 100 valence electrons. The van der Waals surface area contributed by atoms with Gasteiger partial charge in [0, 0.05) is 17.1 Å². The molecule has 0 heterocycles. The molecule has 0 fully saturated rings. The lowest BCUT2D eigenvalue weighted by atomic mass is 10.1. The molecule has 0 saturated carbocycles. The summed E-state index contributed by atoms with van der Waals surface area (Å²) in [6.07, 6.45) is 0. The van der Waals surface area contributed by atoms with Crippen molar-refractivity contribution < 1.29 is 9.13 Å². The SMILES string of the molecule is COc1ccc(C)cc1NCc1c(F)cccc1Cl. The van der Waals surface area contributed by atoms with E-state index in [1.54, 1.807) is 19.2 Å². The van der Waals surface area contributed by atoms with Crippen LogP contribution in [0.4, 0.5) is 10.1 Å². The van der Waals surface area contributed by atoms with Gasteiger partial charge in [-0.15, -0.1) is 0 Å². The first-order valence-corrected chi connectivity index (χ1v) is 6.31. The molecular formula is C15H15ClFNO. The fraction of sp³-hybridized carbons (Fsp3) is 0.200. The average molecular weight is 280 g/mol. The Morgan fingerprint density at radius 2 is 2.05 bits per heavy atom. The molecule has 0 aliphatic rings. The van der Waals surface area contributed by atoms with Gasteiger partial charge >= 0.3 is 0 Å². The maximum Gasteiger partial charge on any atom is 0.141 e. The van der Waals surface area contributed by atoms with Crippen molar-refractivity contribution in [2.24, 2.45) is 0 Å². The maximum atomic E-state index is 13.7. The van der Waals surface area contributed by atoms with Crippen molar-refractivity contribution in [2.45, 2.75) is 13.5 Å². The highest BCUT2D eigenvalue weighted by Crippen LogP contribution is 2.27. The van der Waals surface area contributed by atoms with Gasteiger partial charge < -0.3 is 10.1 Å². The second kappa shape index (κ2) is 5.93. The summed E-state index contributed by atoms with van der Waals surface area (Å²) in [6.45, 7) is 2.30. The molecule has 0 aromatic heterocycles. The molecule has 0 aliphatic heterocycles. The van der Waals surface area contributed by atoms with Gasteiger partial charge in [-0.3, -0.25) is 0 Å². The molecule has 0 saturated heterocycles. The quantitative estimate of drug-likeness (QED) is 0.895. The molecule has 19 heavy (non-hydrogen) atoms. The average Bonchev–Trinajstić information content (AvgIpc) is 2.38. The fourth-order valence-electron chi connectivity index (χ4n) is 1.84. The van der Waals surface area contributed by atoms with Gasteiger partial charge in [0.05, 0.1) is 12.8 Å². The Morgan fingerprint density at radius 3 is 2.74 bits per heavy atom. The smallest absolute Gasteiger partial charge is 0.141 e. The van der Waals surface area contributed by atoms with Crippen LogP contribution in [0, 0.1) is 12.7 Å². The highest BCUT2D eigenvalue weighted by molar-refractivity contribution is 6.31. The second-order valence-corrected chi connectivity index (χ2v) is 4.66. The van der Waals surface area contributed by atoms with Crippen molar-refractivity contribution in [3.8, 4) is 5.75 Å². The molecule has 2 rings (SSSR count). The third-order valence-corrected chi connectivity index (χ3v) is 3.23. The van der Waals surface area contributed by atoms with E-state index in [4.69, 9.17) is 16.3 Å². The lowest BCUT2D eigenvalue weighted by Crippen LogP contribution is -2.04. The highest BCUT2D eigenvalue weighted by atomic mass is 35.5. The predicted molar refractivity (Wildman–Crippen MR) is 76.5 cm³/mol. The van der Waals surface area contributed by atoms with Crippen molar-refractivity contribution in [2.75, 3.05) is 12.4 Å². The first-order valence-electron chi connectivity index (χ1n) is 5.93. The van der Waals surface area contributed by atoms with Gasteiger partial charge in [-0.1, -0.05) is 23.7 Å². The van der Waals surface area contributed by atoms with Crippen LogP contribution in [0.25, 0.3) is 0 Å². The van der Waals surface area contributed by atoms with Crippen molar-refractivity contribution in [3.63, 3.8) is 0 Å². The topological polar surface area (TPSA) is 21.3 Å². The van der Waals surface area contributed by atoms with Crippen molar-refractivity contribution >= 4 is 17.3 Å². The monoisotopic (exact) mass is 279 g/mol. The third-order valence-electron chi connectivity index (χ3n) is 2.87. The van der Waals surface area contributed by atoms with E-state index < -0.39 is 0 Å². The third kappa shape index (κ3) is 3.18. The van der Waals surface area contributed by atoms with E-state index in [9.17, 15) is 4.39 Å². The minimum Gasteiger partial charge on any atom is -0.495 e. The minimum atomic E-state index is -0.313. The summed E-state index contributed by atoms with van der Waals surface area (Å²) in [6, 6.07) is 10.5. The van der Waals surface area contributed by atoms with Crippen LogP contribution in [0.15, 0.2) is 36.4 Å². The molecule has 0 unspecified atom stereocenters. The van der Waals surface area contributed by atoms with Crippen LogP contribution in [-0.2, 0) is 6.54 Å². The van der Waals surface area contributed by atoms with Crippen LogP contribution in [0.2, 0.25) is 5.02 Å². The van der Waals surface area contributed by atoms with E-state index in [2.05, 4.69) is 5.32 Å². The first kappa shape index (κ1) is 13.7. The lowest BCUT2D eigenvalue weighted by Gasteiger charge is -2.13. The zero-order valence-electron chi connectivity index (χ0n) is 10.8. The Morgan fingerprint density at radius 1 is 1.26 bits per heavy atom. The van der Waals surface area contributed by atoms with Crippen LogP contribution in [0.5, 0.6) is 5.75 Å². The molecule has 2 aromatic rings. The minimum absolute atomic E-state index is 0.311. The Kier molecular flexibility index (Phi) is 4.27. The molecule has 0 radical (unpaired) electrons. The number of nitrogens with one attached hydrogen (secondary N) is 1. The summed E-state index contributed by atoms with van der Waals surface area (Å²) < 4.78 is 18.9. The molecule has 0 bridgehead atoms. The summed E-state index contributed by atoms with van der Waals surface area (Å²) >= 11 is 5.99. The molecular weight excluding hydrogens is 265 g/mol. The van der Waals surface area contributed by atoms with Gasteiger partial charge in [0.15, 0.2) is 0 Å². The normalized spacial score (nSPS) is 10.3. The van der Waals surface area contributed by atoms with E-state index in [-0.39, 0.29) is 5.82 Å². The highest BCUT2D eigenvalue weighted by Gasteiger charge is 2.08. The number of benzene rings is 2. The maximum absolute atomic E-state index is 13.7. The van der Waals surface area contributed by atoms with Crippen LogP contribution in [0.1, 0.15) is 11.1 Å². The predicted octanol–water partition coefficient (Wildman–Crippen LogP) is 4.41. The molecule has 2 nitrogen and oxygen atoms in total. The summed E-state index contributed by atoms with van der Waals surface area (Å²) in [5.74, 6) is 0.407. The van der Waals surface area contributed by atoms with Gasteiger partial charge in [0.25, 0.3) is 0 Å². The number of hydrogen-bond donors (Lipinski definition) is 1. The number of ether oxygens (including phenoxy) is 1. The lowest BCUT2D eigenvalue weighted by molar-refractivity contribution is 0.416. The Balaban J connectivity index is 2.21. The first-order chi connectivity index (χ1) is 9.11. The number of rotatable bonds is 4. The number of anilines is 1. The number of halogens is 2. The fourth-order valence-corrected chi connectivity index (χ4v) is 2.07. The van der Waals surface area contributed by atoms with E-state index in [1.807, 2.05) is 25.1 Å². The number of aryl methyl sites for hydroxylation is 1. The van der Waals surface area contributed by atoms with E-state index >= 15 is 0 Å². The molecule has 4 heteroatoms. The van der Waals surface area contributed by atoms with Crippen molar-refractivity contribution in [1.29, 1.82) is 0 Å². The summed E-state index contributed by atoms with van der Waals surface area (Å²) in [5, 5.41) is 3.57. The Bertz CT molecular complexity index is 566.